The molecule has 1 atom stereocenters. The van der Waals surface area contributed by atoms with E-state index in [4.69, 9.17) is 4.52 Å². The molecule has 1 amide bonds. The number of carbonyl (C=O) groups excluding carboxylic acids is 1. The fourth-order valence-corrected chi connectivity index (χ4v) is 4.77. The molecule has 0 radical (unpaired) electrons. The number of rotatable bonds is 5. The zero-order chi connectivity index (χ0) is 21.4. The quantitative estimate of drug-likeness (QED) is 0.631. The number of amides is 1. The van der Waals surface area contributed by atoms with Gasteiger partial charge in [-0.15, -0.1) is 5.10 Å². The lowest BCUT2D eigenvalue weighted by Crippen LogP contribution is -2.36. The van der Waals surface area contributed by atoms with Crippen molar-refractivity contribution in [3.63, 3.8) is 0 Å². The van der Waals surface area contributed by atoms with E-state index in [1.54, 1.807) is 6.20 Å². The van der Waals surface area contributed by atoms with Crippen molar-refractivity contribution in [3.8, 4) is 0 Å². The van der Waals surface area contributed by atoms with Gasteiger partial charge in [-0.2, -0.15) is 0 Å². The molecule has 0 bridgehead atoms. The molecule has 0 unspecified atom stereocenters. The van der Waals surface area contributed by atoms with Crippen LogP contribution >= 0.6 is 0 Å². The molecular formula is C23H28N6O2. The second kappa shape index (κ2) is 8.26. The molecule has 3 aromatic rings. The minimum absolute atomic E-state index is 0.0419. The maximum Gasteiger partial charge on any atom is 0.276 e. The van der Waals surface area contributed by atoms with Gasteiger partial charge in [0.2, 0.25) is 0 Å². The number of hydrogen-bond acceptors (Lipinski definition) is 6. The van der Waals surface area contributed by atoms with Gasteiger partial charge in [-0.25, -0.2) is 0 Å². The lowest BCUT2D eigenvalue weighted by Gasteiger charge is -2.28. The lowest BCUT2D eigenvalue weighted by molar-refractivity contribution is 0.0728. The Kier molecular flexibility index (Phi) is 5.31. The molecule has 2 aliphatic rings. The Hall–Kier alpha value is -3.00. The highest BCUT2D eigenvalue weighted by molar-refractivity contribution is 5.92. The zero-order valence-electron chi connectivity index (χ0n) is 18.1. The molecule has 8 heteroatoms. The molecule has 2 aliphatic heterocycles. The number of nitrogens with zero attached hydrogens (tertiary/aromatic N) is 6. The molecule has 2 aromatic heterocycles. The lowest BCUT2D eigenvalue weighted by atomic mass is 10.00. The first-order valence-electron chi connectivity index (χ1n) is 11.0. The van der Waals surface area contributed by atoms with E-state index in [9.17, 15) is 4.79 Å². The predicted molar refractivity (Wildman–Crippen MR) is 114 cm³/mol. The van der Waals surface area contributed by atoms with Crippen molar-refractivity contribution in [1.29, 1.82) is 0 Å². The summed E-state index contributed by atoms with van der Waals surface area (Å²) in [5, 5.41) is 12.5. The molecule has 1 fully saturated rings. The molecule has 0 saturated carbocycles. The Morgan fingerprint density at radius 1 is 1.19 bits per heavy atom. The summed E-state index contributed by atoms with van der Waals surface area (Å²) in [5.41, 5.74) is 5.10. The van der Waals surface area contributed by atoms with Crippen molar-refractivity contribution in [1.82, 2.24) is 30.0 Å². The van der Waals surface area contributed by atoms with E-state index in [-0.39, 0.29) is 5.91 Å². The van der Waals surface area contributed by atoms with Crippen LogP contribution in [0.1, 0.15) is 51.5 Å². The number of benzene rings is 1. The summed E-state index contributed by atoms with van der Waals surface area (Å²) in [7, 11) is 0. The van der Waals surface area contributed by atoms with Gasteiger partial charge in [0, 0.05) is 31.2 Å². The summed E-state index contributed by atoms with van der Waals surface area (Å²) >= 11 is 0. The Labute approximate surface area is 181 Å². The molecule has 8 nitrogen and oxygen atoms in total. The minimum atomic E-state index is -0.0419. The monoisotopic (exact) mass is 420 g/mol. The second-order valence-electron chi connectivity index (χ2n) is 8.64. The first-order valence-corrected chi connectivity index (χ1v) is 11.0. The number of aryl methyl sites for hydroxylation is 2. The molecule has 0 aliphatic carbocycles. The highest BCUT2D eigenvalue weighted by Crippen LogP contribution is 2.24. The van der Waals surface area contributed by atoms with Crippen molar-refractivity contribution >= 4 is 5.91 Å². The third-order valence-corrected chi connectivity index (χ3v) is 6.61. The van der Waals surface area contributed by atoms with E-state index in [1.165, 1.54) is 16.7 Å². The normalized spacial score (nSPS) is 19.0. The van der Waals surface area contributed by atoms with Gasteiger partial charge in [-0.1, -0.05) is 34.6 Å². The third-order valence-electron chi connectivity index (χ3n) is 6.61. The molecule has 0 N–H and O–H groups in total. The number of hydrogen-bond donors (Lipinski definition) is 0. The zero-order valence-corrected chi connectivity index (χ0v) is 18.1. The van der Waals surface area contributed by atoms with Gasteiger partial charge in [0.25, 0.3) is 5.91 Å². The van der Waals surface area contributed by atoms with Crippen molar-refractivity contribution < 1.29 is 9.32 Å². The highest BCUT2D eigenvalue weighted by Gasteiger charge is 2.28. The summed E-state index contributed by atoms with van der Waals surface area (Å²) in [6.07, 6.45) is 4.95. The van der Waals surface area contributed by atoms with Crippen LogP contribution in [-0.4, -0.2) is 55.0 Å². The van der Waals surface area contributed by atoms with E-state index in [2.05, 4.69) is 38.6 Å². The number of carbonyl (C=O) groups is 1. The molecule has 1 aromatic carbocycles. The molecular weight excluding hydrogens is 392 g/mol. The molecule has 4 heterocycles. The fraction of sp³-hybridized carbons (Fsp3) is 0.478. The Balaban J connectivity index is 1.24. The van der Waals surface area contributed by atoms with E-state index in [0.717, 1.165) is 56.9 Å². The Bertz CT molecular complexity index is 1070. The Morgan fingerprint density at radius 3 is 2.84 bits per heavy atom. The average Bonchev–Trinajstić information content (AvgIpc) is 3.51. The standard InChI is InChI=1S/C23H28N6O2/c1-16-21(17(2)31-25-16)14-27-10-5-8-20(27)13-29-15-22(24-26-29)23(30)28-11-9-18-6-3-4-7-19(18)12-28/h3-4,6-7,15,20H,5,8-14H2,1-2H3/t20-/m0/s1. The van der Waals surface area contributed by atoms with Gasteiger partial charge in [0.15, 0.2) is 5.69 Å². The number of aromatic nitrogens is 4. The molecule has 0 spiro atoms. The van der Waals surface area contributed by atoms with Crippen LogP contribution in [0.15, 0.2) is 35.0 Å². The van der Waals surface area contributed by atoms with Crippen molar-refractivity contribution in [2.75, 3.05) is 13.1 Å². The van der Waals surface area contributed by atoms with Crippen molar-refractivity contribution in [2.45, 2.75) is 58.8 Å². The highest BCUT2D eigenvalue weighted by atomic mass is 16.5. The van der Waals surface area contributed by atoms with Crippen molar-refractivity contribution in [3.05, 3.63) is 64.3 Å². The number of fused-ring (bicyclic) bond motifs is 1. The van der Waals surface area contributed by atoms with Crippen LogP contribution in [0.2, 0.25) is 0 Å². The predicted octanol–water partition coefficient (Wildman–Crippen LogP) is 2.75. The van der Waals surface area contributed by atoms with Crippen LogP contribution in [0.4, 0.5) is 0 Å². The molecule has 1 saturated heterocycles. The van der Waals surface area contributed by atoms with Crippen molar-refractivity contribution in [2.24, 2.45) is 0 Å². The first kappa shape index (κ1) is 19.9. The summed E-state index contributed by atoms with van der Waals surface area (Å²) in [6, 6.07) is 8.68. The number of likely N-dealkylation sites (tertiary alicyclic amines) is 1. The van der Waals surface area contributed by atoms with Crippen LogP contribution < -0.4 is 0 Å². The van der Waals surface area contributed by atoms with Crippen LogP contribution in [0, 0.1) is 13.8 Å². The molecule has 5 rings (SSSR count). The second-order valence-corrected chi connectivity index (χ2v) is 8.64. The maximum absolute atomic E-state index is 13.0. The van der Waals surface area contributed by atoms with E-state index in [0.29, 0.717) is 18.3 Å². The van der Waals surface area contributed by atoms with Gasteiger partial charge < -0.3 is 9.42 Å². The summed E-state index contributed by atoms with van der Waals surface area (Å²) in [5.74, 6) is 0.847. The van der Waals surface area contributed by atoms with E-state index >= 15 is 0 Å². The largest absolute Gasteiger partial charge is 0.361 e. The van der Waals surface area contributed by atoms with Crippen LogP contribution in [-0.2, 0) is 26.1 Å². The average molecular weight is 421 g/mol. The minimum Gasteiger partial charge on any atom is -0.361 e. The van der Waals surface area contributed by atoms with E-state index < -0.39 is 0 Å². The first-order chi connectivity index (χ1) is 15.1. The van der Waals surface area contributed by atoms with Crippen LogP contribution in [0.25, 0.3) is 0 Å². The molecule has 31 heavy (non-hydrogen) atoms. The van der Waals surface area contributed by atoms with Gasteiger partial charge in [0.05, 0.1) is 18.4 Å². The molecule has 162 valence electrons. The van der Waals surface area contributed by atoms with Gasteiger partial charge in [0.1, 0.15) is 5.76 Å². The maximum atomic E-state index is 13.0. The van der Waals surface area contributed by atoms with Crippen LogP contribution in [0.3, 0.4) is 0 Å². The smallest absolute Gasteiger partial charge is 0.276 e. The summed E-state index contributed by atoms with van der Waals surface area (Å²) in [6.45, 7) is 7.92. The van der Waals surface area contributed by atoms with Crippen LogP contribution in [0.5, 0.6) is 0 Å². The topological polar surface area (TPSA) is 80.3 Å². The fourth-order valence-electron chi connectivity index (χ4n) is 4.77. The summed E-state index contributed by atoms with van der Waals surface area (Å²) in [4.78, 5) is 17.3. The van der Waals surface area contributed by atoms with Gasteiger partial charge in [-0.3, -0.25) is 14.4 Å². The van der Waals surface area contributed by atoms with Gasteiger partial charge in [-0.05, 0) is 50.8 Å². The third kappa shape index (κ3) is 3.99. The SMILES string of the molecule is Cc1noc(C)c1CN1CCC[C@H]1Cn1cc(C(=O)N2CCc3ccccc3C2)nn1. The Morgan fingerprint density at radius 2 is 2.03 bits per heavy atom. The van der Waals surface area contributed by atoms with E-state index in [1.807, 2.05) is 29.5 Å². The van der Waals surface area contributed by atoms with Gasteiger partial charge >= 0.3 is 0 Å². The summed E-state index contributed by atoms with van der Waals surface area (Å²) < 4.78 is 7.14.